The summed E-state index contributed by atoms with van der Waals surface area (Å²) >= 11 is 3.40. The minimum absolute atomic E-state index is 0.0676. The Hall–Kier alpha value is -1.36. The van der Waals surface area contributed by atoms with Crippen LogP contribution in [0, 0.1) is 0 Å². The Kier molecular flexibility index (Phi) is 2.43. The number of amides is 2. The molecular formula is C12H11BrN2O2. The average Bonchev–Trinajstić information content (AvgIpc) is 2.57. The highest BCUT2D eigenvalue weighted by atomic mass is 79.9. The Bertz CT molecular complexity index is 515. The number of anilines is 1. The number of benzene rings is 1. The number of hydrogen-bond donors (Lipinski definition) is 1. The van der Waals surface area contributed by atoms with E-state index in [0.29, 0.717) is 19.4 Å². The minimum atomic E-state index is -0.298. The maximum Gasteiger partial charge on any atom is 0.247 e. The predicted octanol–water partition coefficient (Wildman–Crippen LogP) is 1.89. The van der Waals surface area contributed by atoms with Crippen LogP contribution in [0.1, 0.15) is 18.4 Å². The van der Waals surface area contributed by atoms with Gasteiger partial charge in [-0.05, 0) is 30.2 Å². The van der Waals surface area contributed by atoms with Crippen LogP contribution in [-0.4, -0.2) is 22.8 Å². The molecule has 0 bridgehead atoms. The quantitative estimate of drug-likeness (QED) is 0.794. The molecule has 0 spiro atoms. The van der Waals surface area contributed by atoms with Crippen LogP contribution in [0.5, 0.6) is 0 Å². The molecule has 0 saturated carbocycles. The number of carbonyl (C=O) groups excluding carboxylic acids is 2. The number of fused-ring (bicyclic) bond motifs is 2. The second-order valence-corrected chi connectivity index (χ2v) is 5.28. The normalized spacial score (nSPS) is 22.9. The van der Waals surface area contributed by atoms with E-state index in [4.69, 9.17) is 0 Å². The molecule has 5 heteroatoms. The van der Waals surface area contributed by atoms with Gasteiger partial charge in [-0.1, -0.05) is 15.9 Å². The van der Waals surface area contributed by atoms with Gasteiger partial charge < -0.3 is 10.2 Å². The number of rotatable bonds is 0. The van der Waals surface area contributed by atoms with Crippen molar-refractivity contribution in [3.05, 3.63) is 28.2 Å². The first-order valence-electron chi connectivity index (χ1n) is 5.54. The summed E-state index contributed by atoms with van der Waals surface area (Å²) in [5, 5.41) is 2.89. The minimum Gasteiger partial charge on any atom is -0.326 e. The first-order chi connectivity index (χ1) is 8.15. The summed E-state index contributed by atoms with van der Waals surface area (Å²) in [5.74, 6) is -0.00472. The van der Waals surface area contributed by atoms with Gasteiger partial charge in [0.05, 0.1) is 0 Å². The van der Waals surface area contributed by atoms with Gasteiger partial charge in [0.2, 0.25) is 11.8 Å². The van der Waals surface area contributed by atoms with Crippen molar-refractivity contribution in [2.45, 2.75) is 25.4 Å². The SMILES string of the molecule is O=C1Nc2ccc(Br)cc2CN2C(=O)CC[C@H]12. The molecule has 1 N–H and O–H groups in total. The van der Waals surface area contributed by atoms with Crippen LogP contribution in [-0.2, 0) is 16.1 Å². The van der Waals surface area contributed by atoms with Crippen LogP contribution in [0.3, 0.4) is 0 Å². The Morgan fingerprint density at radius 3 is 3.00 bits per heavy atom. The molecule has 2 aliphatic rings. The van der Waals surface area contributed by atoms with E-state index in [9.17, 15) is 9.59 Å². The van der Waals surface area contributed by atoms with Crippen molar-refractivity contribution in [2.24, 2.45) is 0 Å². The molecule has 1 atom stereocenters. The van der Waals surface area contributed by atoms with Gasteiger partial charge in [-0.25, -0.2) is 0 Å². The highest BCUT2D eigenvalue weighted by Crippen LogP contribution is 2.30. The lowest BCUT2D eigenvalue weighted by Gasteiger charge is -2.20. The Balaban J connectivity index is 2.05. The van der Waals surface area contributed by atoms with E-state index >= 15 is 0 Å². The topological polar surface area (TPSA) is 49.4 Å². The van der Waals surface area contributed by atoms with E-state index in [-0.39, 0.29) is 17.9 Å². The Labute approximate surface area is 107 Å². The third-order valence-corrected chi connectivity index (χ3v) is 3.79. The molecule has 1 saturated heterocycles. The highest BCUT2D eigenvalue weighted by Gasteiger charge is 2.38. The van der Waals surface area contributed by atoms with E-state index < -0.39 is 0 Å². The summed E-state index contributed by atoms with van der Waals surface area (Å²) in [5.41, 5.74) is 1.78. The highest BCUT2D eigenvalue weighted by molar-refractivity contribution is 9.10. The van der Waals surface area contributed by atoms with E-state index in [1.807, 2.05) is 18.2 Å². The van der Waals surface area contributed by atoms with Gasteiger partial charge in [0, 0.05) is 23.1 Å². The Morgan fingerprint density at radius 2 is 2.18 bits per heavy atom. The van der Waals surface area contributed by atoms with Gasteiger partial charge in [-0.3, -0.25) is 9.59 Å². The number of carbonyl (C=O) groups is 2. The van der Waals surface area contributed by atoms with Gasteiger partial charge >= 0.3 is 0 Å². The summed E-state index contributed by atoms with van der Waals surface area (Å²) in [6.07, 6.45) is 1.10. The van der Waals surface area contributed by atoms with Crippen LogP contribution < -0.4 is 5.32 Å². The molecule has 1 aromatic rings. The van der Waals surface area contributed by atoms with Crippen LogP contribution in [0.2, 0.25) is 0 Å². The Morgan fingerprint density at radius 1 is 1.35 bits per heavy atom. The van der Waals surface area contributed by atoms with Gasteiger partial charge in [0.1, 0.15) is 6.04 Å². The van der Waals surface area contributed by atoms with Crippen molar-refractivity contribution in [3.8, 4) is 0 Å². The van der Waals surface area contributed by atoms with Crippen LogP contribution >= 0.6 is 15.9 Å². The zero-order valence-electron chi connectivity index (χ0n) is 9.07. The standard InChI is InChI=1S/C12H11BrN2O2/c13-8-1-2-9-7(5-8)6-15-10(12(17)14-9)3-4-11(15)16/h1-2,5,10H,3-4,6H2,(H,14,17)/t10-/m1/s1. The summed E-state index contributed by atoms with van der Waals surface area (Å²) in [6, 6.07) is 5.40. The van der Waals surface area contributed by atoms with E-state index in [1.165, 1.54) is 0 Å². The van der Waals surface area contributed by atoms with E-state index in [0.717, 1.165) is 15.7 Å². The van der Waals surface area contributed by atoms with E-state index in [2.05, 4.69) is 21.2 Å². The molecule has 0 aromatic heterocycles. The number of nitrogens with one attached hydrogen (secondary N) is 1. The third-order valence-electron chi connectivity index (χ3n) is 3.30. The van der Waals surface area contributed by atoms with E-state index in [1.54, 1.807) is 4.90 Å². The summed E-state index contributed by atoms with van der Waals surface area (Å²) in [7, 11) is 0. The van der Waals surface area contributed by atoms with Gasteiger partial charge in [-0.2, -0.15) is 0 Å². The smallest absolute Gasteiger partial charge is 0.247 e. The lowest BCUT2D eigenvalue weighted by molar-refractivity contribution is -0.133. The zero-order chi connectivity index (χ0) is 12.0. The molecule has 17 heavy (non-hydrogen) atoms. The molecule has 4 nitrogen and oxygen atoms in total. The molecule has 0 unspecified atom stereocenters. The average molecular weight is 295 g/mol. The van der Waals surface area contributed by atoms with Gasteiger partial charge in [0.15, 0.2) is 0 Å². The van der Waals surface area contributed by atoms with Crippen LogP contribution in [0.15, 0.2) is 22.7 Å². The van der Waals surface area contributed by atoms with Crippen molar-refractivity contribution in [3.63, 3.8) is 0 Å². The van der Waals surface area contributed by atoms with Crippen molar-refractivity contribution in [1.29, 1.82) is 0 Å². The molecule has 0 aliphatic carbocycles. The van der Waals surface area contributed by atoms with Gasteiger partial charge in [-0.15, -0.1) is 0 Å². The molecule has 2 heterocycles. The van der Waals surface area contributed by atoms with Crippen molar-refractivity contribution < 1.29 is 9.59 Å². The fourth-order valence-corrected chi connectivity index (χ4v) is 2.83. The van der Waals surface area contributed by atoms with Crippen molar-refractivity contribution in [2.75, 3.05) is 5.32 Å². The number of nitrogens with zero attached hydrogens (tertiary/aromatic N) is 1. The fourth-order valence-electron chi connectivity index (χ4n) is 2.42. The summed E-state index contributed by atoms with van der Waals surface area (Å²) in [6.45, 7) is 0.511. The molecule has 1 aromatic carbocycles. The molecule has 0 radical (unpaired) electrons. The van der Waals surface area contributed by atoms with Crippen LogP contribution in [0.4, 0.5) is 5.69 Å². The van der Waals surface area contributed by atoms with Crippen LogP contribution in [0.25, 0.3) is 0 Å². The largest absolute Gasteiger partial charge is 0.326 e. The first-order valence-corrected chi connectivity index (χ1v) is 6.33. The predicted molar refractivity (Wildman–Crippen MR) is 66.3 cm³/mol. The zero-order valence-corrected chi connectivity index (χ0v) is 10.7. The number of halogens is 1. The molecule has 2 amide bonds. The molecule has 1 fully saturated rings. The molecule has 3 rings (SSSR count). The molecule has 2 aliphatic heterocycles. The first kappa shape index (κ1) is 10.8. The second-order valence-electron chi connectivity index (χ2n) is 4.37. The summed E-state index contributed by atoms with van der Waals surface area (Å²) in [4.78, 5) is 25.4. The van der Waals surface area contributed by atoms with Crippen molar-refractivity contribution >= 4 is 33.4 Å². The van der Waals surface area contributed by atoms with Gasteiger partial charge in [0.25, 0.3) is 0 Å². The third kappa shape index (κ3) is 1.74. The lowest BCUT2D eigenvalue weighted by Crippen LogP contribution is -2.38. The molecular weight excluding hydrogens is 284 g/mol. The fraction of sp³-hybridized carbons (Fsp3) is 0.333. The molecule has 88 valence electrons. The number of hydrogen-bond acceptors (Lipinski definition) is 2. The summed E-state index contributed by atoms with van der Waals surface area (Å²) < 4.78 is 0.954. The maximum atomic E-state index is 12.0. The second kappa shape index (κ2) is 3.84. The monoisotopic (exact) mass is 294 g/mol. The lowest BCUT2D eigenvalue weighted by atomic mass is 10.1. The van der Waals surface area contributed by atoms with Crippen molar-refractivity contribution in [1.82, 2.24) is 4.90 Å². The maximum absolute atomic E-state index is 12.0.